The number of aromatic carboxylic acids is 1. The molecule has 1 fully saturated rings. The number of hydrazone groups is 1. The van der Waals surface area contributed by atoms with Crippen LogP contribution in [0.15, 0.2) is 52.5 Å². The van der Waals surface area contributed by atoms with E-state index in [0.29, 0.717) is 5.92 Å². The van der Waals surface area contributed by atoms with Gasteiger partial charge in [-0.1, -0.05) is 31.4 Å². The van der Waals surface area contributed by atoms with Crippen LogP contribution >= 0.6 is 0 Å². The maximum absolute atomic E-state index is 12.7. The molecule has 0 amide bonds. The van der Waals surface area contributed by atoms with Gasteiger partial charge in [0.2, 0.25) is 0 Å². The highest BCUT2D eigenvalue weighted by Crippen LogP contribution is 2.29. The Bertz CT molecular complexity index is 1110. The summed E-state index contributed by atoms with van der Waals surface area (Å²) >= 11 is 0. The molecule has 2 aromatic rings. The van der Waals surface area contributed by atoms with Crippen LogP contribution in [0.2, 0.25) is 0 Å². The highest BCUT2D eigenvalue weighted by Gasteiger charge is 2.23. The number of nitro benzene ring substituents is 1. The average Bonchev–Trinajstić information content (AvgIpc) is 2.74. The number of benzene rings is 2. The lowest BCUT2D eigenvalue weighted by Crippen LogP contribution is -2.16. The molecule has 0 atom stereocenters. The number of anilines is 2. The van der Waals surface area contributed by atoms with Crippen LogP contribution in [0.3, 0.4) is 0 Å². The second-order valence-electron chi connectivity index (χ2n) is 7.18. The second kappa shape index (κ2) is 9.56. The van der Waals surface area contributed by atoms with Crippen LogP contribution in [0.4, 0.5) is 17.1 Å². The summed E-state index contributed by atoms with van der Waals surface area (Å²) in [5, 5.41) is 24.8. The number of hydrogen-bond acceptors (Lipinski definition) is 7. The molecule has 31 heavy (non-hydrogen) atoms. The first-order valence-corrected chi connectivity index (χ1v) is 11.2. The van der Waals surface area contributed by atoms with Gasteiger partial charge in [0.15, 0.2) is 0 Å². The topological polar surface area (TPSA) is 151 Å². The number of carboxylic acid groups (broad SMARTS) is 1. The van der Waals surface area contributed by atoms with Gasteiger partial charge in [-0.15, -0.1) is 0 Å². The Morgan fingerprint density at radius 3 is 2.52 bits per heavy atom. The van der Waals surface area contributed by atoms with Crippen molar-refractivity contribution in [1.29, 1.82) is 0 Å². The highest BCUT2D eigenvalue weighted by molar-refractivity contribution is 7.92. The Morgan fingerprint density at radius 2 is 1.84 bits per heavy atom. The lowest BCUT2D eigenvalue weighted by molar-refractivity contribution is -0.384. The summed E-state index contributed by atoms with van der Waals surface area (Å²) in [5.41, 5.74) is 1.84. The van der Waals surface area contributed by atoms with Gasteiger partial charge < -0.3 is 5.11 Å². The van der Waals surface area contributed by atoms with Crippen LogP contribution in [0.25, 0.3) is 0 Å². The van der Waals surface area contributed by atoms with Crippen LogP contribution in [0.5, 0.6) is 0 Å². The number of carbonyl (C=O) groups is 1. The molecule has 11 heteroatoms. The molecular formula is C20H22N4O6S. The monoisotopic (exact) mass is 446 g/mol. The number of sulfonamides is 1. The maximum Gasteiger partial charge on any atom is 0.337 e. The van der Waals surface area contributed by atoms with Gasteiger partial charge in [0.25, 0.3) is 15.7 Å². The van der Waals surface area contributed by atoms with Crippen molar-refractivity contribution in [2.45, 2.75) is 37.0 Å². The van der Waals surface area contributed by atoms with Gasteiger partial charge in [-0.3, -0.25) is 20.3 Å². The Balaban J connectivity index is 1.83. The van der Waals surface area contributed by atoms with Crippen LogP contribution in [0, 0.1) is 16.0 Å². The Kier molecular flexibility index (Phi) is 6.85. The van der Waals surface area contributed by atoms with Crippen LogP contribution in [-0.4, -0.2) is 30.6 Å². The van der Waals surface area contributed by atoms with E-state index in [2.05, 4.69) is 15.2 Å². The summed E-state index contributed by atoms with van der Waals surface area (Å²) in [6, 6.07) is 8.84. The number of hydrogen-bond donors (Lipinski definition) is 3. The third kappa shape index (κ3) is 5.57. The normalized spacial score (nSPS) is 15.0. The van der Waals surface area contributed by atoms with Gasteiger partial charge >= 0.3 is 5.97 Å². The zero-order valence-corrected chi connectivity index (χ0v) is 17.3. The quantitative estimate of drug-likeness (QED) is 0.314. The average molecular weight is 446 g/mol. The molecule has 164 valence electrons. The molecular weight excluding hydrogens is 424 g/mol. The fourth-order valence-electron chi connectivity index (χ4n) is 3.38. The number of nitrogens with zero attached hydrogens (tertiary/aromatic N) is 2. The first-order valence-electron chi connectivity index (χ1n) is 9.71. The largest absolute Gasteiger partial charge is 0.478 e. The van der Waals surface area contributed by atoms with E-state index in [4.69, 9.17) is 0 Å². The molecule has 1 saturated carbocycles. The van der Waals surface area contributed by atoms with E-state index in [1.165, 1.54) is 42.8 Å². The molecule has 1 aliphatic carbocycles. The molecule has 2 aromatic carbocycles. The van der Waals surface area contributed by atoms with E-state index in [1.54, 1.807) is 6.21 Å². The first-order chi connectivity index (χ1) is 14.8. The van der Waals surface area contributed by atoms with E-state index in [9.17, 15) is 28.4 Å². The number of nitro groups is 1. The summed E-state index contributed by atoms with van der Waals surface area (Å²) in [4.78, 5) is 21.7. The lowest BCUT2D eigenvalue weighted by atomic mass is 9.90. The van der Waals surface area contributed by atoms with E-state index in [0.717, 1.165) is 31.7 Å². The smallest absolute Gasteiger partial charge is 0.337 e. The summed E-state index contributed by atoms with van der Waals surface area (Å²) in [7, 11) is -4.26. The minimum atomic E-state index is -4.26. The van der Waals surface area contributed by atoms with Crippen molar-refractivity contribution in [3.63, 3.8) is 0 Å². The zero-order valence-electron chi connectivity index (χ0n) is 16.5. The van der Waals surface area contributed by atoms with Crippen molar-refractivity contribution >= 4 is 39.3 Å². The molecule has 0 radical (unpaired) electrons. The standard InChI is InChI=1S/C20H22N4O6S/c25-20(26)16-8-4-5-9-17(16)23-31(29,30)15-10-11-18(19(12-15)24(27)28)22-21-13-14-6-2-1-3-7-14/h4-5,8-14,22-23H,1-3,6-7H2,(H,25,26)/b21-13+. The van der Waals surface area contributed by atoms with Crippen molar-refractivity contribution in [3.8, 4) is 0 Å². The Hall–Kier alpha value is -3.47. The fourth-order valence-corrected chi connectivity index (χ4v) is 4.48. The number of nitrogens with one attached hydrogen (secondary N) is 2. The zero-order chi connectivity index (χ0) is 22.4. The Labute approximate surface area is 179 Å². The van der Waals surface area contributed by atoms with Gasteiger partial charge in [-0.05, 0) is 43.0 Å². The summed E-state index contributed by atoms with van der Waals surface area (Å²) in [5.74, 6) is -0.988. The third-order valence-corrected chi connectivity index (χ3v) is 6.36. The Morgan fingerprint density at radius 1 is 1.13 bits per heavy atom. The third-order valence-electron chi connectivity index (χ3n) is 5.00. The molecule has 0 spiro atoms. The van der Waals surface area contributed by atoms with Crippen LogP contribution < -0.4 is 10.1 Å². The SMILES string of the molecule is O=C(O)c1ccccc1NS(=O)(=O)c1ccc(N/N=C/C2CCCCC2)c([N+](=O)[O-])c1. The summed E-state index contributed by atoms with van der Waals surface area (Å²) in [6.07, 6.45) is 7.23. The molecule has 0 aromatic heterocycles. The molecule has 3 rings (SSSR count). The van der Waals surface area contributed by atoms with Crippen molar-refractivity contribution in [2.75, 3.05) is 10.1 Å². The predicted octanol–water partition coefficient (Wildman–Crippen LogP) is 4.07. The summed E-state index contributed by atoms with van der Waals surface area (Å²) < 4.78 is 27.6. The molecule has 0 unspecified atom stereocenters. The number of para-hydroxylation sites is 1. The molecule has 0 heterocycles. The minimum absolute atomic E-state index is 0.0574. The maximum atomic E-state index is 12.7. The molecule has 0 saturated heterocycles. The molecule has 1 aliphatic rings. The number of rotatable bonds is 8. The second-order valence-corrected chi connectivity index (χ2v) is 8.86. The van der Waals surface area contributed by atoms with E-state index < -0.39 is 26.6 Å². The highest BCUT2D eigenvalue weighted by atomic mass is 32.2. The molecule has 3 N–H and O–H groups in total. The molecule has 0 aliphatic heterocycles. The van der Waals surface area contributed by atoms with Gasteiger partial charge in [0, 0.05) is 12.3 Å². The van der Waals surface area contributed by atoms with Crippen molar-refractivity contribution in [1.82, 2.24) is 0 Å². The van der Waals surface area contributed by atoms with Gasteiger partial charge in [0.05, 0.1) is 21.1 Å². The lowest BCUT2D eigenvalue weighted by Gasteiger charge is -2.16. The van der Waals surface area contributed by atoms with Crippen LogP contribution in [0.1, 0.15) is 42.5 Å². The minimum Gasteiger partial charge on any atom is -0.478 e. The van der Waals surface area contributed by atoms with E-state index >= 15 is 0 Å². The predicted molar refractivity (Wildman–Crippen MR) is 116 cm³/mol. The molecule has 0 bridgehead atoms. The van der Waals surface area contributed by atoms with Crippen molar-refractivity contribution in [2.24, 2.45) is 11.0 Å². The van der Waals surface area contributed by atoms with Gasteiger partial charge in [-0.25, -0.2) is 13.2 Å². The van der Waals surface area contributed by atoms with Gasteiger partial charge in [-0.2, -0.15) is 5.10 Å². The van der Waals surface area contributed by atoms with Gasteiger partial charge in [0.1, 0.15) is 5.69 Å². The fraction of sp³-hybridized carbons (Fsp3) is 0.300. The van der Waals surface area contributed by atoms with E-state index in [-0.39, 0.29) is 21.8 Å². The van der Waals surface area contributed by atoms with Crippen molar-refractivity contribution < 1.29 is 23.2 Å². The van der Waals surface area contributed by atoms with Crippen molar-refractivity contribution in [3.05, 3.63) is 58.1 Å². The first kappa shape index (κ1) is 22.2. The van der Waals surface area contributed by atoms with Crippen LogP contribution in [-0.2, 0) is 10.0 Å². The van der Waals surface area contributed by atoms with E-state index in [1.807, 2.05) is 0 Å². The molecule has 10 nitrogen and oxygen atoms in total. The number of carboxylic acids is 1. The summed E-state index contributed by atoms with van der Waals surface area (Å²) in [6.45, 7) is 0.